The Balaban J connectivity index is 2.91. The molecule has 1 aromatic carbocycles. The predicted octanol–water partition coefficient (Wildman–Crippen LogP) is 1.30. The van der Waals surface area contributed by atoms with E-state index < -0.39 is 12.1 Å². The van der Waals surface area contributed by atoms with Crippen LogP contribution < -0.4 is 9.47 Å². The summed E-state index contributed by atoms with van der Waals surface area (Å²) in [6.07, 6.45) is -1.04. The van der Waals surface area contributed by atoms with E-state index in [1.807, 2.05) is 0 Å². The van der Waals surface area contributed by atoms with Crippen molar-refractivity contribution >= 4 is 5.97 Å². The molecule has 5 nitrogen and oxygen atoms in total. The molecule has 94 valence electrons. The molecule has 0 aliphatic carbocycles. The number of rotatable bonds is 5. The first-order chi connectivity index (χ1) is 8.10. The molecular formula is C12H16O5. The number of hydrogen-bond acceptors (Lipinski definition) is 5. The molecule has 0 saturated carbocycles. The van der Waals surface area contributed by atoms with Crippen LogP contribution in [0.1, 0.15) is 18.1 Å². The van der Waals surface area contributed by atoms with E-state index in [0.29, 0.717) is 17.1 Å². The molecule has 1 N–H and O–H groups in total. The number of carbonyl (C=O) groups is 1. The summed E-state index contributed by atoms with van der Waals surface area (Å²) < 4.78 is 14.6. The molecule has 0 aliphatic rings. The Bertz CT molecular complexity index is 366. The fourth-order valence-corrected chi connectivity index (χ4v) is 1.38. The third-order valence-electron chi connectivity index (χ3n) is 2.35. The lowest BCUT2D eigenvalue weighted by atomic mass is 10.1. The van der Waals surface area contributed by atoms with Gasteiger partial charge < -0.3 is 19.3 Å². The summed E-state index contributed by atoms with van der Waals surface area (Å²) >= 11 is 0. The zero-order chi connectivity index (χ0) is 12.8. The standard InChI is InChI=1S/C12H16O5/c1-15-9-4-8(5-10(6-9)16-2)11(13)7-12(14)17-3/h4-6,11,13H,7H2,1-3H3/t11-/m1/s1. The Kier molecular flexibility index (Phi) is 4.78. The second-order valence-electron chi connectivity index (χ2n) is 3.44. The quantitative estimate of drug-likeness (QED) is 0.786. The van der Waals surface area contributed by atoms with Gasteiger partial charge in [-0.15, -0.1) is 0 Å². The van der Waals surface area contributed by atoms with Gasteiger partial charge in [0.2, 0.25) is 0 Å². The molecule has 0 heterocycles. The van der Waals surface area contributed by atoms with E-state index in [-0.39, 0.29) is 6.42 Å². The molecule has 0 fully saturated rings. The summed E-state index contributed by atoms with van der Waals surface area (Å²) in [5.74, 6) is 0.644. The first-order valence-electron chi connectivity index (χ1n) is 5.08. The molecule has 0 unspecified atom stereocenters. The van der Waals surface area contributed by atoms with Crippen LogP contribution in [0.5, 0.6) is 11.5 Å². The highest BCUT2D eigenvalue weighted by molar-refractivity contribution is 5.70. The molecule has 1 atom stereocenters. The van der Waals surface area contributed by atoms with Crippen LogP contribution in [0.4, 0.5) is 0 Å². The van der Waals surface area contributed by atoms with Gasteiger partial charge in [-0.2, -0.15) is 0 Å². The summed E-state index contributed by atoms with van der Waals surface area (Å²) in [5, 5.41) is 9.85. The summed E-state index contributed by atoms with van der Waals surface area (Å²) in [5.41, 5.74) is 0.548. The Morgan fingerprint density at radius 2 is 1.71 bits per heavy atom. The largest absolute Gasteiger partial charge is 0.497 e. The molecule has 0 saturated heterocycles. The molecule has 0 radical (unpaired) electrons. The molecular weight excluding hydrogens is 224 g/mol. The van der Waals surface area contributed by atoms with Crippen LogP contribution in [0, 0.1) is 0 Å². The molecule has 0 aliphatic heterocycles. The highest BCUT2D eigenvalue weighted by Crippen LogP contribution is 2.27. The van der Waals surface area contributed by atoms with Gasteiger partial charge in [-0.3, -0.25) is 4.79 Å². The Morgan fingerprint density at radius 3 is 2.12 bits per heavy atom. The SMILES string of the molecule is COC(=O)C[C@@H](O)c1cc(OC)cc(OC)c1. The maximum atomic E-state index is 11.1. The van der Waals surface area contributed by atoms with E-state index in [0.717, 1.165) is 0 Å². The lowest BCUT2D eigenvalue weighted by molar-refractivity contribution is -0.142. The van der Waals surface area contributed by atoms with Gasteiger partial charge in [-0.1, -0.05) is 0 Å². The second kappa shape index (κ2) is 6.10. The van der Waals surface area contributed by atoms with Crippen LogP contribution in [0.25, 0.3) is 0 Å². The highest BCUT2D eigenvalue weighted by atomic mass is 16.5. The van der Waals surface area contributed by atoms with Crippen molar-refractivity contribution in [2.75, 3.05) is 21.3 Å². The van der Waals surface area contributed by atoms with E-state index >= 15 is 0 Å². The topological polar surface area (TPSA) is 65.0 Å². The van der Waals surface area contributed by atoms with E-state index in [1.165, 1.54) is 21.3 Å². The van der Waals surface area contributed by atoms with Crippen LogP contribution in [0.2, 0.25) is 0 Å². The van der Waals surface area contributed by atoms with Crippen molar-refractivity contribution in [3.63, 3.8) is 0 Å². The van der Waals surface area contributed by atoms with Gasteiger partial charge in [-0.25, -0.2) is 0 Å². The molecule has 1 aromatic rings. The minimum absolute atomic E-state index is 0.104. The van der Waals surface area contributed by atoms with Crippen molar-refractivity contribution in [1.29, 1.82) is 0 Å². The normalized spacial score (nSPS) is 11.8. The minimum Gasteiger partial charge on any atom is -0.497 e. The predicted molar refractivity (Wildman–Crippen MR) is 61.1 cm³/mol. The first kappa shape index (κ1) is 13.3. The lowest BCUT2D eigenvalue weighted by Crippen LogP contribution is -2.08. The van der Waals surface area contributed by atoms with E-state index in [9.17, 15) is 9.90 Å². The molecule has 0 spiro atoms. The Morgan fingerprint density at radius 1 is 1.18 bits per heavy atom. The average Bonchev–Trinajstić information content (AvgIpc) is 2.37. The fraction of sp³-hybridized carbons (Fsp3) is 0.417. The number of ether oxygens (including phenoxy) is 3. The molecule has 0 bridgehead atoms. The number of benzene rings is 1. The average molecular weight is 240 g/mol. The van der Waals surface area contributed by atoms with Crippen molar-refractivity contribution in [3.05, 3.63) is 23.8 Å². The monoisotopic (exact) mass is 240 g/mol. The number of hydrogen-bond donors (Lipinski definition) is 1. The number of esters is 1. The summed E-state index contributed by atoms with van der Waals surface area (Å²) in [7, 11) is 4.32. The molecule has 1 rings (SSSR count). The fourth-order valence-electron chi connectivity index (χ4n) is 1.38. The Hall–Kier alpha value is -1.75. The number of aliphatic hydroxyl groups is 1. The minimum atomic E-state index is -0.938. The number of methoxy groups -OCH3 is 3. The highest BCUT2D eigenvalue weighted by Gasteiger charge is 2.15. The Labute approximate surface area is 99.9 Å². The number of aliphatic hydroxyl groups excluding tert-OH is 1. The molecule has 5 heteroatoms. The maximum Gasteiger partial charge on any atom is 0.308 e. The van der Waals surface area contributed by atoms with Crippen molar-refractivity contribution in [2.24, 2.45) is 0 Å². The summed E-state index contributed by atoms with van der Waals surface area (Å²) in [6, 6.07) is 4.99. The van der Waals surface area contributed by atoms with E-state index in [1.54, 1.807) is 18.2 Å². The lowest BCUT2D eigenvalue weighted by Gasteiger charge is -2.12. The second-order valence-corrected chi connectivity index (χ2v) is 3.44. The van der Waals surface area contributed by atoms with Gasteiger partial charge in [0.15, 0.2) is 0 Å². The van der Waals surface area contributed by atoms with Gasteiger partial charge in [0.25, 0.3) is 0 Å². The van der Waals surface area contributed by atoms with E-state index in [2.05, 4.69) is 4.74 Å². The zero-order valence-electron chi connectivity index (χ0n) is 10.1. The molecule has 0 aromatic heterocycles. The smallest absolute Gasteiger partial charge is 0.308 e. The summed E-state index contributed by atoms with van der Waals surface area (Å²) in [4.78, 5) is 11.1. The van der Waals surface area contributed by atoms with Crippen LogP contribution in [-0.4, -0.2) is 32.4 Å². The van der Waals surface area contributed by atoms with Crippen LogP contribution >= 0.6 is 0 Å². The van der Waals surface area contributed by atoms with E-state index in [4.69, 9.17) is 9.47 Å². The third kappa shape index (κ3) is 3.64. The van der Waals surface area contributed by atoms with Gasteiger partial charge in [0.05, 0.1) is 33.9 Å². The van der Waals surface area contributed by atoms with Gasteiger partial charge in [0.1, 0.15) is 11.5 Å². The zero-order valence-corrected chi connectivity index (χ0v) is 10.1. The molecule has 0 amide bonds. The first-order valence-corrected chi connectivity index (χ1v) is 5.08. The van der Waals surface area contributed by atoms with Gasteiger partial charge >= 0.3 is 5.97 Å². The van der Waals surface area contributed by atoms with Crippen molar-refractivity contribution < 1.29 is 24.1 Å². The summed E-state index contributed by atoms with van der Waals surface area (Å²) in [6.45, 7) is 0. The van der Waals surface area contributed by atoms with Gasteiger partial charge in [0, 0.05) is 6.07 Å². The molecule has 17 heavy (non-hydrogen) atoms. The van der Waals surface area contributed by atoms with Crippen molar-refractivity contribution in [1.82, 2.24) is 0 Å². The van der Waals surface area contributed by atoms with Gasteiger partial charge in [-0.05, 0) is 17.7 Å². The van der Waals surface area contributed by atoms with Crippen LogP contribution in [-0.2, 0) is 9.53 Å². The van der Waals surface area contributed by atoms with Crippen LogP contribution in [0.3, 0.4) is 0 Å². The maximum absolute atomic E-state index is 11.1. The van der Waals surface area contributed by atoms with Crippen LogP contribution in [0.15, 0.2) is 18.2 Å². The number of carbonyl (C=O) groups excluding carboxylic acids is 1. The van der Waals surface area contributed by atoms with Crippen molar-refractivity contribution in [3.8, 4) is 11.5 Å². The van der Waals surface area contributed by atoms with Crippen molar-refractivity contribution in [2.45, 2.75) is 12.5 Å². The third-order valence-corrected chi connectivity index (χ3v) is 2.35.